The topological polar surface area (TPSA) is 51.4 Å². The predicted molar refractivity (Wildman–Crippen MR) is 56.5 cm³/mol. The van der Waals surface area contributed by atoms with Crippen LogP contribution in [0.4, 0.5) is 0 Å². The van der Waals surface area contributed by atoms with Crippen molar-refractivity contribution in [3.63, 3.8) is 0 Å². The number of ether oxygens (including phenoxy) is 1. The molecule has 0 amide bonds. The molecule has 1 fully saturated rings. The Labute approximate surface area is 87.8 Å². The average Bonchev–Trinajstić information content (AvgIpc) is 2.60. The van der Waals surface area contributed by atoms with Crippen LogP contribution in [0.5, 0.6) is 5.88 Å². The van der Waals surface area contributed by atoms with Gasteiger partial charge in [0.05, 0.1) is 7.11 Å². The zero-order chi connectivity index (χ0) is 9.97. The minimum absolute atomic E-state index is 0.555. The Morgan fingerprint density at radius 2 is 2.64 bits per heavy atom. The lowest BCUT2D eigenvalue weighted by Crippen LogP contribution is -2.50. The molecule has 14 heavy (non-hydrogen) atoms. The van der Waals surface area contributed by atoms with Crippen molar-refractivity contribution in [3.05, 3.63) is 10.9 Å². The second-order valence-electron chi connectivity index (χ2n) is 3.50. The van der Waals surface area contributed by atoms with Crippen LogP contribution in [-0.4, -0.2) is 35.5 Å². The molecule has 1 unspecified atom stereocenters. The van der Waals surface area contributed by atoms with E-state index in [0.29, 0.717) is 6.04 Å². The molecule has 0 saturated carbocycles. The normalized spacial score (nSPS) is 22.0. The van der Waals surface area contributed by atoms with Gasteiger partial charge in [0.2, 0.25) is 5.88 Å². The largest absolute Gasteiger partial charge is 0.480 e. The first-order chi connectivity index (χ1) is 6.85. The number of rotatable bonds is 4. The Morgan fingerprint density at radius 3 is 3.21 bits per heavy atom. The maximum Gasteiger partial charge on any atom is 0.229 e. The van der Waals surface area contributed by atoms with Crippen molar-refractivity contribution in [2.24, 2.45) is 5.73 Å². The minimum atomic E-state index is 0.555. The standard InChI is InChI=1S/C9H15N3OS/c1-13-9-7(6-14-11-9)5-12-3-2-8(12)4-10/h6,8H,2-5,10H2,1H3. The molecule has 1 atom stereocenters. The molecule has 1 aliphatic heterocycles. The van der Waals surface area contributed by atoms with Gasteiger partial charge in [0.25, 0.3) is 0 Å². The Kier molecular flexibility index (Phi) is 3.00. The first kappa shape index (κ1) is 9.89. The van der Waals surface area contributed by atoms with Gasteiger partial charge < -0.3 is 10.5 Å². The lowest BCUT2D eigenvalue weighted by Gasteiger charge is -2.40. The van der Waals surface area contributed by atoms with E-state index >= 15 is 0 Å². The van der Waals surface area contributed by atoms with Crippen molar-refractivity contribution in [1.29, 1.82) is 0 Å². The Bertz CT molecular complexity index is 300. The highest BCUT2D eigenvalue weighted by molar-refractivity contribution is 7.03. The zero-order valence-electron chi connectivity index (χ0n) is 8.27. The second-order valence-corrected chi connectivity index (χ2v) is 4.13. The van der Waals surface area contributed by atoms with Crippen LogP contribution in [0.15, 0.2) is 5.38 Å². The highest BCUT2D eigenvalue weighted by atomic mass is 32.1. The van der Waals surface area contributed by atoms with E-state index < -0.39 is 0 Å². The van der Waals surface area contributed by atoms with Crippen LogP contribution in [0.1, 0.15) is 12.0 Å². The van der Waals surface area contributed by atoms with E-state index in [1.165, 1.54) is 23.5 Å². The zero-order valence-corrected chi connectivity index (χ0v) is 9.09. The summed E-state index contributed by atoms with van der Waals surface area (Å²) in [6.45, 7) is 2.81. The number of nitrogens with zero attached hydrogens (tertiary/aromatic N) is 2. The van der Waals surface area contributed by atoms with Crippen molar-refractivity contribution in [1.82, 2.24) is 9.27 Å². The number of hydrogen-bond donors (Lipinski definition) is 1. The highest BCUT2D eigenvalue weighted by Gasteiger charge is 2.27. The molecule has 1 aliphatic rings. The Hall–Kier alpha value is -0.650. The third kappa shape index (κ3) is 1.75. The fraction of sp³-hybridized carbons (Fsp3) is 0.667. The fourth-order valence-electron chi connectivity index (χ4n) is 1.71. The molecule has 2 rings (SSSR count). The van der Waals surface area contributed by atoms with Crippen LogP contribution in [0, 0.1) is 0 Å². The van der Waals surface area contributed by atoms with Gasteiger partial charge in [0.15, 0.2) is 0 Å². The summed E-state index contributed by atoms with van der Waals surface area (Å²) in [5.74, 6) is 0.762. The van der Waals surface area contributed by atoms with Crippen LogP contribution in [0.25, 0.3) is 0 Å². The highest BCUT2D eigenvalue weighted by Crippen LogP contribution is 2.25. The lowest BCUT2D eigenvalue weighted by atomic mass is 10.0. The third-order valence-corrected chi connectivity index (χ3v) is 3.37. The summed E-state index contributed by atoms with van der Waals surface area (Å²) in [5, 5.41) is 2.05. The van der Waals surface area contributed by atoms with Crippen molar-refractivity contribution >= 4 is 11.5 Å². The van der Waals surface area contributed by atoms with Crippen molar-refractivity contribution < 1.29 is 4.74 Å². The molecule has 1 aromatic rings. The maximum absolute atomic E-state index is 5.64. The number of likely N-dealkylation sites (tertiary alicyclic amines) is 1. The molecule has 2 N–H and O–H groups in total. The van der Waals surface area contributed by atoms with Gasteiger partial charge in [0, 0.05) is 36.6 Å². The van der Waals surface area contributed by atoms with Crippen LogP contribution >= 0.6 is 11.5 Å². The van der Waals surface area contributed by atoms with Gasteiger partial charge in [-0.1, -0.05) is 0 Å². The second kappa shape index (κ2) is 4.25. The molecule has 0 spiro atoms. The summed E-state index contributed by atoms with van der Waals surface area (Å²) < 4.78 is 9.32. The van der Waals surface area contributed by atoms with E-state index in [4.69, 9.17) is 10.5 Å². The van der Waals surface area contributed by atoms with Gasteiger partial charge >= 0.3 is 0 Å². The minimum Gasteiger partial charge on any atom is -0.480 e. The molecular formula is C9H15N3OS. The van der Waals surface area contributed by atoms with E-state index in [0.717, 1.165) is 25.5 Å². The SMILES string of the molecule is COc1nscc1CN1CCC1CN. The Morgan fingerprint density at radius 1 is 1.79 bits per heavy atom. The molecule has 2 heterocycles. The number of nitrogens with two attached hydrogens (primary N) is 1. The molecule has 0 bridgehead atoms. The molecule has 0 aliphatic carbocycles. The van der Waals surface area contributed by atoms with Crippen LogP contribution in [0.3, 0.4) is 0 Å². The van der Waals surface area contributed by atoms with Gasteiger partial charge in [-0.25, -0.2) is 0 Å². The molecule has 0 aromatic carbocycles. The number of methoxy groups -OCH3 is 1. The van der Waals surface area contributed by atoms with Gasteiger partial charge in [-0.15, -0.1) is 0 Å². The van der Waals surface area contributed by atoms with Crippen LogP contribution in [-0.2, 0) is 6.54 Å². The first-order valence-corrected chi connectivity index (χ1v) is 5.60. The summed E-state index contributed by atoms with van der Waals surface area (Å²) in [6.07, 6.45) is 1.22. The van der Waals surface area contributed by atoms with Gasteiger partial charge in [-0.2, -0.15) is 4.37 Å². The monoisotopic (exact) mass is 213 g/mol. The van der Waals surface area contributed by atoms with E-state index in [9.17, 15) is 0 Å². The smallest absolute Gasteiger partial charge is 0.229 e. The summed E-state index contributed by atoms with van der Waals surface area (Å²) in [4.78, 5) is 2.37. The first-order valence-electron chi connectivity index (χ1n) is 4.76. The molecule has 1 saturated heterocycles. The molecule has 1 aromatic heterocycles. The molecule has 5 heteroatoms. The lowest BCUT2D eigenvalue weighted by molar-refractivity contribution is 0.0872. The number of aromatic nitrogens is 1. The molecular weight excluding hydrogens is 198 g/mol. The Balaban J connectivity index is 1.97. The fourth-order valence-corrected chi connectivity index (χ4v) is 2.35. The summed E-state index contributed by atoms with van der Waals surface area (Å²) >= 11 is 1.44. The molecule has 4 nitrogen and oxygen atoms in total. The predicted octanol–water partition coefficient (Wildman–Crippen LogP) is 0.685. The van der Waals surface area contributed by atoms with Crippen LogP contribution in [0.2, 0.25) is 0 Å². The van der Waals surface area contributed by atoms with Gasteiger partial charge in [-0.3, -0.25) is 4.90 Å². The summed E-state index contributed by atoms with van der Waals surface area (Å²) in [5.41, 5.74) is 6.81. The van der Waals surface area contributed by atoms with E-state index in [-0.39, 0.29) is 0 Å². The van der Waals surface area contributed by atoms with Gasteiger partial charge in [0.1, 0.15) is 0 Å². The number of hydrogen-bond acceptors (Lipinski definition) is 5. The van der Waals surface area contributed by atoms with Crippen LogP contribution < -0.4 is 10.5 Å². The summed E-state index contributed by atoms with van der Waals surface area (Å²) in [7, 11) is 1.66. The maximum atomic E-state index is 5.64. The van der Waals surface area contributed by atoms with Crippen molar-refractivity contribution in [2.75, 3.05) is 20.2 Å². The molecule has 78 valence electrons. The van der Waals surface area contributed by atoms with E-state index in [1.54, 1.807) is 7.11 Å². The van der Waals surface area contributed by atoms with E-state index in [2.05, 4.69) is 9.27 Å². The third-order valence-electron chi connectivity index (χ3n) is 2.71. The van der Waals surface area contributed by atoms with E-state index in [1.807, 2.05) is 5.38 Å². The molecule has 0 radical (unpaired) electrons. The quantitative estimate of drug-likeness (QED) is 0.799. The van der Waals surface area contributed by atoms with Crippen molar-refractivity contribution in [2.45, 2.75) is 19.0 Å². The summed E-state index contributed by atoms with van der Waals surface area (Å²) in [6, 6.07) is 0.555. The van der Waals surface area contributed by atoms with Gasteiger partial charge in [-0.05, 0) is 18.0 Å². The van der Waals surface area contributed by atoms with Crippen molar-refractivity contribution in [3.8, 4) is 5.88 Å². The average molecular weight is 213 g/mol.